The number of aliphatic imine (C=N–C) groups is 1. The lowest BCUT2D eigenvalue weighted by atomic mass is 10.00. The number of hydrogen-bond donors (Lipinski definition) is 2. The minimum Gasteiger partial charge on any atom is -0.361 e. The lowest BCUT2D eigenvalue weighted by Crippen LogP contribution is -2.47. The molecule has 3 rings (SSSR count). The van der Waals surface area contributed by atoms with Gasteiger partial charge in [-0.1, -0.05) is 19.0 Å². The van der Waals surface area contributed by atoms with Gasteiger partial charge in [-0.2, -0.15) is 0 Å². The average Bonchev–Trinajstić information content (AvgIpc) is 3.26. The van der Waals surface area contributed by atoms with Crippen molar-refractivity contribution in [2.45, 2.75) is 58.5 Å². The van der Waals surface area contributed by atoms with E-state index in [4.69, 9.17) is 4.52 Å². The predicted molar refractivity (Wildman–Crippen MR) is 112 cm³/mol. The number of guanidine groups is 1. The van der Waals surface area contributed by atoms with Gasteiger partial charge >= 0.3 is 0 Å². The Balaban J connectivity index is 0.00000225. The first-order valence-corrected chi connectivity index (χ1v) is 9.13. The van der Waals surface area contributed by atoms with E-state index in [1.165, 1.54) is 24.9 Å². The van der Waals surface area contributed by atoms with E-state index in [9.17, 15) is 0 Å². The highest BCUT2D eigenvalue weighted by atomic mass is 127. The molecule has 2 N–H and O–H groups in total. The first kappa shape index (κ1) is 20.5. The van der Waals surface area contributed by atoms with Crippen molar-refractivity contribution in [3.63, 3.8) is 0 Å². The molecule has 2 heterocycles. The molecule has 1 saturated heterocycles. The first-order valence-electron chi connectivity index (χ1n) is 9.13. The van der Waals surface area contributed by atoms with Crippen LogP contribution >= 0.6 is 24.0 Å². The summed E-state index contributed by atoms with van der Waals surface area (Å²) in [5, 5.41) is 11.1. The van der Waals surface area contributed by atoms with Gasteiger partial charge in [-0.15, -0.1) is 24.0 Å². The Bertz CT molecular complexity index is 579. The molecular weight excluding hydrogens is 429 g/mol. The fraction of sp³-hybridized carbons (Fsp3) is 0.778. The summed E-state index contributed by atoms with van der Waals surface area (Å²) >= 11 is 0. The van der Waals surface area contributed by atoms with Crippen LogP contribution < -0.4 is 10.6 Å². The Morgan fingerprint density at radius 1 is 1.36 bits per heavy atom. The molecule has 7 heteroatoms. The Hall–Kier alpha value is -0.830. The number of nitrogens with zero attached hydrogens (tertiary/aromatic N) is 3. The molecule has 6 nitrogen and oxygen atoms in total. The maximum absolute atomic E-state index is 5.28. The highest BCUT2D eigenvalue weighted by Crippen LogP contribution is 2.31. The quantitative estimate of drug-likeness (QED) is 0.401. The molecule has 2 aliphatic rings. The van der Waals surface area contributed by atoms with Crippen molar-refractivity contribution >= 4 is 29.9 Å². The molecule has 1 saturated carbocycles. The number of halogens is 1. The SMILES string of the molecule is CN=C(NCC(C)c1c(C)noc1C)NC1CN(C2CC2)CC1C.I. The van der Waals surface area contributed by atoms with Gasteiger partial charge in [0, 0.05) is 50.2 Å². The topological polar surface area (TPSA) is 65.7 Å². The van der Waals surface area contributed by atoms with E-state index in [0.29, 0.717) is 17.9 Å². The van der Waals surface area contributed by atoms with E-state index in [1.54, 1.807) is 0 Å². The van der Waals surface area contributed by atoms with Crippen LogP contribution in [0.15, 0.2) is 9.52 Å². The van der Waals surface area contributed by atoms with Crippen molar-refractivity contribution in [3.8, 4) is 0 Å². The summed E-state index contributed by atoms with van der Waals surface area (Å²) in [5.41, 5.74) is 2.18. The van der Waals surface area contributed by atoms with E-state index in [-0.39, 0.29) is 24.0 Å². The van der Waals surface area contributed by atoms with Gasteiger partial charge in [-0.25, -0.2) is 0 Å². The van der Waals surface area contributed by atoms with Gasteiger partial charge in [-0.3, -0.25) is 9.89 Å². The summed E-state index contributed by atoms with van der Waals surface area (Å²) < 4.78 is 5.28. The molecule has 0 radical (unpaired) electrons. The Morgan fingerprint density at radius 3 is 2.64 bits per heavy atom. The molecule has 0 bridgehead atoms. The Morgan fingerprint density at radius 2 is 2.08 bits per heavy atom. The zero-order valence-corrected chi connectivity index (χ0v) is 18.3. The van der Waals surface area contributed by atoms with Crippen LogP contribution in [0.5, 0.6) is 0 Å². The summed E-state index contributed by atoms with van der Waals surface area (Å²) in [6.07, 6.45) is 2.75. The van der Waals surface area contributed by atoms with Crippen LogP contribution in [0.3, 0.4) is 0 Å². The highest BCUT2D eigenvalue weighted by molar-refractivity contribution is 14.0. The average molecular weight is 461 g/mol. The largest absolute Gasteiger partial charge is 0.361 e. The van der Waals surface area contributed by atoms with E-state index < -0.39 is 0 Å². The maximum atomic E-state index is 5.28. The van der Waals surface area contributed by atoms with Gasteiger partial charge < -0.3 is 15.2 Å². The lowest BCUT2D eigenvalue weighted by molar-refractivity contribution is 0.315. The molecule has 0 amide bonds. The van der Waals surface area contributed by atoms with Gasteiger partial charge in [0.25, 0.3) is 0 Å². The predicted octanol–water partition coefficient (Wildman–Crippen LogP) is 2.66. The van der Waals surface area contributed by atoms with Gasteiger partial charge in [0.1, 0.15) is 5.76 Å². The third kappa shape index (κ3) is 4.87. The van der Waals surface area contributed by atoms with Crippen LogP contribution in [0, 0.1) is 19.8 Å². The lowest BCUT2D eigenvalue weighted by Gasteiger charge is -2.22. The zero-order chi connectivity index (χ0) is 17.3. The van der Waals surface area contributed by atoms with Crippen molar-refractivity contribution in [1.29, 1.82) is 0 Å². The standard InChI is InChI=1S/C18H31N5O.HI/c1-11(17-13(3)22-24-14(17)4)8-20-18(19-5)21-16-10-23(9-12(16)2)15-6-7-15;/h11-12,15-16H,6-10H2,1-5H3,(H2,19,20,21);1H. The minimum atomic E-state index is 0. The summed E-state index contributed by atoms with van der Waals surface area (Å²) in [4.78, 5) is 7.03. The van der Waals surface area contributed by atoms with Crippen LogP contribution in [0.2, 0.25) is 0 Å². The van der Waals surface area contributed by atoms with E-state index in [0.717, 1.165) is 36.5 Å². The molecule has 25 heavy (non-hydrogen) atoms. The van der Waals surface area contributed by atoms with E-state index >= 15 is 0 Å². The molecule has 0 aromatic carbocycles. The molecule has 3 unspecified atom stereocenters. The van der Waals surface area contributed by atoms with Gasteiger partial charge in [0.05, 0.1) is 5.69 Å². The number of aryl methyl sites for hydroxylation is 2. The fourth-order valence-electron chi connectivity index (χ4n) is 3.85. The second kappa shape index (κ2) is 8.70. The second-order valence-corrected chi connectivity index (χ2v) is 7.51. The summed E-state index contributed by atoms with van der Waals surface area (Å²) in [5.74, 6) is 2.79. The van der Waals surface area contributed by atoms with Crippen molar-refractivity contribution in [2.75, 3.05) is 26.7 Å². The molecule has 1 aliphatic carbocycles. The molecule has 2 fully saturated rings. The zero-order valence-electron chi connectivity index (χ0n) is 16.0. The van der Waals surface area contributed by atoms with Gasteiger partial charge in [0.15, 0.2) is 5.96 Å². The van der Waals surface area contributed by atoms with Crippen LogP contribution in [0.4, 0.5) is 0 Å². The third-order valence-electron chi connectivity index (χ3n) is 5.41. The minimum absolute atomic E-state index is 0. The monoisotopic (exact) mass is 461 g/mol. The van der Waals surface area contributed by atoms with Gasteiger partial charge in [-0.05, 0) is 32.6 Å². The van der Waals surface area contributed by atoms with Crippen LogP contribution in [-0.4, -0.2) is 54.8 Å². The molecule has 142 valence electrons. The maximum Gasteiger partial charge on any atom is 0.191 e. The molecule has 1 aromatic heterocycles. The van der Waals surface area contributed by atoms with Crippen molar-refractivity contribution in [2.24, 2.45) is 10.9 Å². The Kier molecular flexibility index (Phi) is 7.13. The number of likely N-dealkylation sites (tertiary alicyclic amines) is 1. The van der Waals surface area contributed by atoms with Crippen molar-refractivity contribution in [3.05, 3.63) is 17.0 Å². The third-order valence-corrected chi connectivity index (χ3v) is 5.41. The van der Waals surface area contributed by atoms with Crippen molar-refractivity contribution in [1.82, 2.24) is 20.7 Å². The highest BCUT2D eigenvalue weighted by Gasteiger charge is 2.38. The van der Waals surface area contributed by atoms with Crippen LogP contribution in [0.25, 0.3) is 0 Å². The fourth-order valence-corrected chi connectivity index (χ4v) is 3.85. The Labute approximate surface area is 168 Å². The number of nitrogens with one attached hydrogen (secondary N) is 2. The van der Waals surface area contributed by atoms with Crippen LogP contribution in [-0.2, 0) is 0 Å². The molecule has 3 atom stereocenters. The smallest absolute Gasteiger partial charge is 0.191 e. The molecule has 1 aliphatic heterocycles. The van der Waals surface area contributed by atoms with E-state index in [1.807, 2.05) is 20.9 Å². The number of aromatic nitrogens is 1. The molecular formula is C18H32IN5O. The normalized spacial score (nSPS) is 25.6. The second-order valence-electron chi connectivity index (χ2n) is 7.51. The van der Waals surface area contributed by atoms with Crippen LogP contribution in [0.1, 0.15) is 49.6 Å². The summed E-state index contributed by atoms with van der Waals surface area (Å²) in [7, 11) is 1.84. The number of hydrogen-bond acceptors (Lipinski definition) is 4. The molecule has 1 aromatic rings. The molecule has 0 spiro atoms. The number of rotatable bonds is 5. The summed E-state index contributed by atoms with van der Waals surface area (Å²) in [6.45, 7) is 11.7. The summed E-state index contributed by atoms with van der Waals surface area (Å²) in [6, 6.07) is 1.32. The van der Waals surface area contributed by atoms with Crippen molar-refractivity contribution < 1.29 is 4.52 Å². The van der Waals surface area contributed by atoms with E-state index in [2.05, 4.69) is 39.5 Å². The van der Waals surface area contributed by atoms with Gasteiger partial charge in [0.2, 0.25) is 0 Å². The first-order chi connectivity index (χ1) is 11.5.